The van der Waals surface area contributed by atoms with Crippen molar-refractivity contribution in [2.24, 2.45) is 5.73 Å². The molecular weight excluding hydrogens is 280 g/mol. The molecule has 0 fully saturated rings. The van der Waals surface area contributed by atoms with Gasteiger partial charge in [-0.15, -0.1) is 0 Å². The highest BCUT2D eigenvalue weighted by molar-refractivity contribution is 5.80. The lowest BCUT2D eigenvalue weighted by Crippen LogP contribution is -2.28. The van der Waals surface area contributed by atoms with Gasteiger partial charge in [-0.1, -0.05) is 12.1 Å². The van der Waals surface area contributed by atoms with Gasteiger partial charge in [0.05, 0.1) is 17.2 Å². The molecule has 6 nitrogen and oxygen atoms in total. The minimum atomic E-state index is -0.107. The van der Waals surface area contributed by atoms with Crippen molar-refractivity contribution in [3.63, 3.8) is 0 Å². The number of carbonyl (C=O) groups excluding carboxylic acids is 1. The van der Waals surface area contributed by atoms with Gasteiger partial charge in [0, 0.05) is 19.5 Å². The molecule has 0 aliphatic rings. The van der Waals surface area contributed by atoms with E-state index in [9.17, 15) is 9.59 Å². The molecule has 6 heteroatoms. The van der Waals surface area contributed by atoms with Crippen LogP contribution in [0.3, 0.4) is 0 Å². The maximum absolute atomic E-state index is 12.4. The Morgan fingerprint density at radius 1 is 1.36 bits per heavy atom. The zero-order chi connectivity index (χ0) is 15.9. The summed E-state index contributed by atoms with van der Waals surface area (Å²) in [5, 5.41) is 3.41. The quantitative estimate of drug-likeness (QED) is 0.745. The first-order valence-electron chi connectivity index (χ1n) is 7.55. The Hall–Kier alpha value is -2.21. The van der Waals surface area contributed by atoms with Gasteiger partial charge in [-0.05, 0) is 37.9 Å². The van der Waals surface area contributed by atoms with Gasteiger partial charge >= 0.3 is 0 Å². The van der Waals surface area contributed by atoms with E-state index >= 15 is 0 Å². The molecule has 1 aromatic heterocycles. The lowest BCUT2D eigenvalue weighted by atomic mass is 10.1. The molecule has 1 aromatic carbocycles. The van der Waals surface area contributed by atoms with Crippen LogP contribution in [0.4, 0.5) is 0 Å². The van der Waals surface area contributed by atoms with E-state index in [0.717, 1.165) is 23.9 Å². The number of hydrogen-bond donors (Lipinski definition) is 2. The summed E-state index contributed by atoms with van der Waals surface area (Å²) >= 11 is 0. The largest absolute Gasteiger partial charge is 0.356 e. The van der Waals surface area contributed by atoms with Crippen molar-refractivity contribution in [1.29, 1.82) is 0 Å². The number of benzene rings is 1. The van der Waals surface area contributed by atoms with Crippen molar-refractivity contribution >= 4 is 16.8 Å². The number of nitrogens with one attached hydrogen (secondary N) is 1. The van der Waals surface area contributed by atoms with Gasteiger partial charge in [-0.2, -0.15) is 0 Å². The zero-order valence-electron chi connectivity index (χ0n) is 12.8. The molecule has 118 valence electrons. The van der Waals surface area contributed by atoms with Gasteiger partial charge in [0.15, 0.2) is 0 Å². The number of hydrogen-bond acceptors (Lipinski definition) is 4. The van der Waals surface area contributed by atoms with Gasteiger partial charge in [0.1, 0.15) is 0 Å². The highest BCUT2D eigenvalue weighted by atomic mass is 16.1. The van der Waals surface area contributed by atoms with E-state index in [1.54, 1.807) is 6.07 Å². The minimum Gasteiger partial charge on any atom is -0.356 e. The monoisotopic (exact) mass is 302 g/mol. The Morgan fingerprint density at radius 2 is 2.18 bits per heavy atom. The van der Waals surface area contributed by atoms with Crippen LogP contribution < -0.4 is 16.6 Å². The summed E-state index contributed by atoms with van der Waals surface area (Å²) in [6, 6.07) is 5.53. The van der Waals surface area contributed by atoms with E-state index in [1.165, 1.54) is 10.9 Å². The lowest BCUT2D eigenvalue weighted by molar-refractivity contribution is -0.121. The number of amides is 1. The van der Waals surface area contributed by atoms with Crippen LogP contribution in [0, 0.1) is 6.92 Å². The average molecular weight is 302 g/mol. The highest BCUT2D eigenvalue weighted by Crippen LogP contribution is 2.11. The second-order valence-corrected chi connectivity index (χ2v) is 5.31. The molecular formula is C16H22N4O2. The Balaban J connectivity index is 1.99. The molecule has 1 amide bonds. The highest BCUT2D eigenvalue weighted by Gasteiger charge is 2.07. The van der Waals surface area contributed by atoms with E-state index < -0.39 is 0 Å². The van der Waals surface area contributed by atoms with Crippen LogP contribution >= 0.6 is 0 Å². The summed E-state index contributed by atoms with van der Waals surface area (Å²) in [4.78, 5) is 28.4. The van der Waals surface area contributed by atoms with E-state index in [-0.39, 0.29) is 17.9 Å². The Bertz CT molecular complexity index is 709. The molecule has 2 rings (SSSR count). The smallest absolute Gasteiger partial charge is 0.261 e. The van der Waals surface area contributed by atoms with Crippen molar-refractivity contribution in [2.45, 2.75) is 32.7 Å². The number of aryl methyl sites for hydroxylation is 2. The molecule has 0 radical (unpaired) electrons. The molecule has 0 atom stereocenters. The van der Waals surface area contributed by atoms with Gasteiger partial charge in [-0.3, -0.25) is 14.2 Å². The zero-order valence-corrected chi connectivity index (χ0v) is 12.8. The number of rotatable bonds is 7. The maximum Gasteiger partial charge on any atom is 0.261 e. The fourth-order valence-corrected chi connectivity index (χ4v) is 2.30. The molecule has 22 heavy (non-hydrogen) atoms. The van der Waals surface area contributed by atoms with Crippen LogP contribution in [-0.2, 0) is 11.3 Å². The Kier molecular flexibility index (Phi) is 5.66. The molecule has 3 N–H and O–H groups in total. The second kappa shape index (κ2) is 7.70. The number of carbonyl (C=O) groups is 1. The predicted molar refractivity (Wildman–Crippen MR) is 86.7 cm³/mol. The first-order chi connectivity index (χ1) is 10.6. The fourth-order valence-electron chi connectivity index (χ4n) is 2.30. The number of para-hydroxylation sites is 1. The van der Waals surface area contributed by atoms with E-state index in [2.05, 4.69) is 10.3 Å². The summed E-state index contributed by atoms with van der Waals surface area (Å²) in [7, 11) is 0. The van der Waals surface area contributed by atoms with Crippen molar-refractivity contribution in [1.82, 2.24) is 14.9 Å². The number of unbranched alkanes of at least 4 members (excludes halogenated alkanes) is 1. The number of nitrogens with two attached hydrogens (primary N) is 1. The van der Waals surface area contributed by atoms with Crippen LogP contribution in [0.25, 0.3) is 10.9 Å². The molecule has 0 aliphatic heterocycles. The number of fused-ring (bicyclic) bond motifs is 1. The third-order valence-electron chi connectivity index (χ3n) is 3.59. The average Bonchev–Trinajstić information content (AvgIpc) is 2.52. The van der Waals surface area contributed by atoms with Gasteiger partial charge in [0.25, 0.3) is 5.56 Å². The van der Waals surface area contributed by atoms with Crippen LogP contribution in [0.15, 0.2) is 29.3 Å². The second-order valence-electron chi connectivity index (χ2n) is 5.31. The fraction of sp³-hybridized carbons (Fsp3) is 0.438. The van der Waals surface area contributed by atoms with Crippen molar-refractivity contribution in [3.8, 4) is 0 Å². The SMILES string of the molecule is Cc1cccc2c(=O)n(CCC(=O)NCCCCN)cnc12. The van der Waals surface area contributed by atoms with Gasteiger partial charge < -0.3 is 11.1 Å². The number of aromatic nitrogens is 2. The topological polar surface area (TPSA) is 90.0 Å². The normalized spacial score (nSPS) is 10.8. The predicted octanol–water partition coefficient (Wildman–Crippen LogP) is 0.950. The van der Waals surface area contributed by atoms with Gasteiger partial charge in [0.2, 0.25) is 5.91 Å². The molecule has 1 heterocycles. The standard InChI is InChI=1S/C16H22N4O2/c1-12-5-4-6-13-15(12)19-11-20(16(13)22)10-7-14(21)18-9-3-2-8-17/h4-6,11H,2-3,7-10,17H2,1H3,(H,18,21). The minimum absolute atomic E-state index is 0.0618. The first-order valence-corrected chi connectivity index (χ1v) is 7.55. The maximum atomic E-state index is 12.4. The van der Waals surface area contributed by atoms with Crippen molar-refractivity contribution < 1.29 is 4.79 Å². The molecule has 0 saturated heterocycles. The summed E-state index contributed by atoms with van der Waals surface area (Å²) in [6.07, 6.45) is 3.55. The third kappa shape index (κ3) is 3.92. The summed E-state index contributed by atoms with van der Waals surface area (Å²) in [5.41, 5.74) is 6.98. The number of nitrogens with zero attached hydrogens (tertiary/aromatic N) is 2. The molecule has 0 saturated carbocycles. The first kappa shape index (κ1) is 16.2. The van der Waals surface area contributed by atoms with Crippen molar-refractivity contribution in [2.75, 3.05) is 13.1 Å². The van der Waals surface area contributed by atoms with Gasteiger partial charge in [-0.25, -0.2) is 4.98 Å². The van der Waals surface area contributed by atoms with E-state index in [0.29, 0.717) is 25.0 Å². The summed E-state index contributed by atoms with van der Waals surface area (Å²) in [5.74, 6) is -0.0618. The van der Waals surface area contributed by atoms with E-state index in [4.69, 9.17) is 5.73 Å². The molecule has 0 bridgehead atoms. The molecule has 0 unspecified atom stereocenters. The van der Waals surface area contributed by atoms with Crippen LogP contribution in [0.1, 0.15) is 24.8 Å². The Morgan fingerprint density at radius 3 is 2.95 bits per heavy atom. The van der Waals surface area contributed by atoms with Crippen LogP contribution in [0.5, 0.6) is 0 Å². The van der Waals surface area contributed by atoms with Crippen LogP contribution in [0.2, 0.25) is 0 Å². The molecule has 2 aromatic rings. The molecule has 0 aliphatic carbocycles. The van der Waals surface area contributed by atoms with Crippen molar-refractivity contribution in [3.05, 3.63) is 40.4 Å². The third-order valence-corrected chi connectivity index (χ3v) is 3.59. The summed E-state index contributed by atoms with van der Waals surface area (Å²) in [6.45, 7) is 3.51. The lowest BCUT2D eigenvalue weighted by Gasteiger charge is -2.08. The van der Waals surface area contributed by atoms with E-state index in [1.807, 2.05) is 19.1 Å². The Labute approximate surface area is 129 Å². The van der Waals surface area contributed by atoms with Crippen LogP contribution in [-0.4, -0.2) is 28.5 Å². The summed E-state index contributed by atoms with van der Waals surface area (Å²) < 4.78 is 1.49. The molecule has 0 spiro atoms.